The zero-order chi connectivity index (χ0) is 32.3. The van der Waals surface area contributed by atoms with Crippen molar-refractivity contribution in [1.29, 1.82) is 0 Å². The molecule has 8 nitrogen and oxygen atoms in total. The standard InChI is InChI=1S/C36H62N2O6/c1-5-6-7-8-9-10-11-12-13-14-15-16-17-18-19-23-28-42-30-35(44-33(3)40)31-43-36(41)38(32(2)39)27-26-37(4)29-34-24-21-20-22-25-34/h20-22,24-25,35H,5-19,23,26-31H2,1-4H3. The van der Waals surface area contributed by atoms with Gasteiger partial charge in [0.1, 0.15) is 6.61 Å². The minimum atomic E-state index is -0.749. The third-order valence-corrected chi connectivity index (χ3v) is 7.77. The fourth-order valence-corrected chi connectivity index (χ4v) is 5.18. The summed E-state index contributed by atoms with van der Waals surface area (Å²) in [6, 6.07) is 9.99. The van der Waals surface area contributed by atoms with Gasteiger partial charge in [-0.25, -0.2) is 9.69 Å². The van der Waals surface area contributed by atoms with E-state index in [2.05, 4.69) is 6.92 Å². The summed E-state index contributed by atoms with van der Waals surface area (Å²) in [7, 11) is 1.93. The summed E-state index contributed by atoms with van der Waals surface area (Å²) in [6.07, 6.45) is 19.6. The van der Waals surface area contributed by atoms with Crippen molar-refractivity contribution in [1.82, 2.24) is 9.80 Å². The van der Waals surface area contributed by atoms with Gasteiger partial charge < -0.3 is 19.1 Å². The van der Waals surface area contributed by atoms with Crippen molar-refractivity contribution in [3.63, 3.8) is 0 Å². The lowest BCUT2D eigenvalue weighted by molar-refractivity contribution is -0.152. The molecular weight excluding hydrogens is 556 g/mol. The van der Waals surface area contributed by atoms with Gasteiger partial charge in [-0.15, -0.1) is 0 Å². The van der Waals surface area contributed by atoms with Gasteiger partial charge in [0.15, 0.2) is 6.10 Å². The number of amides is 2. The number of imide groups is 1. The number of carbonyl (C=O) groups is 3. The Morgan fingerprint density at radius 2 is 1.23 bits per heavy atom. The van der Waals surface area contributed by atoms with E-state index in [0.717, 1.165) is 23.3 Å². The lowest BCUT2D eigenvalue weighted by atomic mass is 10.0. The summed E-state index contributed by atoms with van der Waals surface area (Å²) in [5.41, 5.74) is 1.15. The Morgan fingerprint density at radius 1 is 0.705 bits per heavy atom. The zero-order valence-corrected chi connectivity index (χ0v) is 28.4. The summed E-state index contributed by atoms with van der Waals surface area (Å²) >= 11 is 0. The topological polar surface area (TPSA) is 85.4 Å². The quantitative estimate of drug-likeness (QED) is 0.0724. The molecule has 252 valence electrons. The maximum absolute atomic E-state index is 12.7. The SMILES string of the molecule is CCCCCCCCCCCCCCCCCCOCC(COC(=O)N(CCN(C)Cc1ccccc1)C(C)=O)OC(C)=O. The number of likely N-dealkylation sites (N-methyl/N-ethyl adjacent to an activating group) is 1. The molecular formula is C36H62N2O6. The van der Waals surface area contributed by atoms with Crippen molar-refractivity contribution >= 4 is 18.0 Å². The summed E-state index contributed by atoms with van der Waals surface area (Å²) in [5, 5.41) is 0. The summed E-state index contributed by atoms with van der Waals surface area (Å²) in [5.74, 6) is -0.866. The van der Waals surface area contributed by atoms with Crippen LogP contribution in [0.15, 0.2) is 30.3 Å². The molecule has 8 heteroatoms. The number of esters is 1. The molecule has 1 rings (SSSR count). The van der Waals surface area contributed by atoms with Crippen LogP contribution in [0.1, 0.15) is 129 Å². The molecule has 44 heavy (non-hydrogen) atoms. The van der Waals surface area contributed by atoms with E-state index in [1.54, 1.807) is 0 Å². The van der Waals surface area contributed by atoms with Crippen LogP contribution in [0, 0.1) is 0 Å². The third-order valence-electron chi connectivity index (χ3n) is 7.77. The minimum Gasteiger partial charge on any atom is -0.456 e. The summed E-state index contributed by atoms with van der Waals surface area (Å²) < 4.78 is 16.4. The normalized spacial score (nSPS) is 11.8. The molecule has 0 aliphatic heterocycles. The molecule has 0 heterocycles. The zero-order valence-electron chi connectivity index (χ0n) is 28.4. The van der Waals surface area contributed by atoms with Gasteiger partial charge in [0.2, 0.25) is 5.91 Å². The lowest BCUT2D eigenvalue weighted by Gasteiger charge is -2.24. The largest absolute Gasteiger partial charge is 0.456 e. The van der Waals surface area contributed by atoms with Gasteiger partial charge in [0, 0.05) is 40.1 Å². The molecule has 0 fully saturated rings. The number of carbonyl (C=O) groups excluding carboxylic acids is 3. The first-order chi connectivity index (χ1) is 21.3. The second-order valence-corrected chi connectivity index (χ2v) is 12.1. The van der Waals surface area contributed by atoms with Crippen molar-refractivity contribution in [3.8, 4) is 0 Å². The molecule has 0 spiro atoms. The van der Waals surface area contributed by atoms with Crippen LogP contribution in [-0.4, -0.2) is 73.8 Å². The maximum atomic E-state index is 12.7. The molecule has 1 aromatic carbocycles. The van der Waals surface area contributed by atoms with E-state index in [0.29, 0.717) is 19.7 Å². The van der Waals surface area contributed by atoms with Gasteiger partial charge >= 0.3 is 12.1 Å². The first-order valence-corrected chi connectivity index (χ1v) is 17.3. The summed E-state index contributed by atoms with van der Waals surface area (Å²) in [6.45, 7) is 6.87. The lowest BCUT2D eigenvalue weighted by Crippen LogP contribution is -2.42. The molecule has 1 atom stereocenters. The highest BCUT2D eigenvalue weighted by Gasteiger charge is 2.23. The number of hydrogen-bond donors (Lipinski definition) is 0. The number of unbranched alkanes of at least 4 members (excludes halogenated alkanes) is 15. The first kappa shape index (κ1) is 39.6. The van der Waals surface area contributed by atoms with E-state index in [4.69, 9.17) is 14.2 Å². The molecule has 0 saturated heterocycles. The van der Waals surface area contributed by atoms with Crippen LogP contribution in [0.4, 0.5) is 4.79 Å². The van der Waals surface area contributed by atoms with Gasteiger partial charge in [-0.2, -0.15) is 0 Å². The maximum Gasteiger partial charge on any atom is 0.416 e. The molecule has 0 aromatic heterocycles. The molecule has 0 aliphatic rings. The van der Waals surface area contributed by atoms with E-state index >= 15 is 0 Å². The minimum absolute atomic E-state index is 0.144. The molecule has 2 amide bonds. The van der Waals surface area contributed by atoms with E-state index < -0.39 is 24.1 Å². The van der Waals surface area contributed by atoms with Crippen LogP contribution >= 0.6 is 0 Å². The molecule has 0 saturated carbocycles. The number of hydrogen-bond acceptors (Lipinski definition) is 7. The Morgan fingerprint density at radius 3 is 1.73 bits per heavy atom. The highest BCUT2D eigenvalue weighted by atomic mass is 16.6. The average molecular weight is 619 g/mol. The van der Waals surface area contributed by atoms with Gasteiger partial charge in [-0.1, -0.05) is 134 Å². The second-order valence-electron chi connectivity index (χ2n) is 12.1. The fourth-order valence-electron chi connectivity index (χ4n) is 5.18. The Balaban J connectivity index is 2.15. The summed E-state index contributed by atoms with van der Waals surface area (Å²) in [4.78, 5) is 39.5. The van der Waals surface area contributed by atoms with Crippen LogP contribution in [0.3, 0.4) is 0 Å². The smallest absolute Gasteiger partial charge is 0.416 e. The highest BCUT2D eigenvalue weighted by Crippen LogP contribution is 2.14. The van der Waals surface area contributed by atoms with Gasteiger partial charge in [0.25, 0.3) is 0 Å². The van der Waals surface area contributed by atoms with Crippen LogP contribution in [0.25, 0.3) is 0 Å². The van der Waals surface area contributed by atoms with Crippen molar-refractivity contribution < 1.29 is 28.6 Å². The Hall–Kier alpha value is -2.45. The van der Waals surface area contributed by atoms with Crippen molar-refractivity contribution in [3.05, 3.63) is 35.9 Å². The molecule has 0 aliphatic carbocycles. The van der Waals surface area contributed by atoms with Crippen molar-refractivity contribution in [2.45, 2.75) is 136 Å². The molecule has 0 N–H and O–H groups in total. The van der Waals surface area contributed by atoms with Crippen molar-refractivity contribution in [2.75, 3.05) is 40.0 Å². The number of nitrogens with zero attached hydrogens (tertiary/aromatic N) is 2. The monoisotopic (exact) mass is 618 g/mol. The number of benzene rings is 1. The van der Waals surface area contributed by atoms with E-state index in [-0.39, 0.29) is 19.8 Å². The predicted molar refractivity (Wildman–Crippen MR) is 177 cm³/mol. The molecule has 1 unspecified atom stereocenters. The second kappa shape index (κ2) is 26.9. The van der Waals surface area contributed by atoms with Crippen LogP contribution < -0.4 is 0 Å². The molecule has 0 radical (unpaired) electrons. The van der Waals surface area contributed by atoms with Gasteiger partial charge in [-0.3, -0.25) is 9.59 Å². The first-order valence-electron chi connectivity index (χ1n) is 17.3. The average Bonchev–Trinajstić information content (AvgIpc) is 2.99. The van der Waals surface area contributed by atoms with E-state index in [9.17, 15) is 14.4 Å². The van der Waals surface area contributed by atoms with Crippen molar-refractivity contribution in [2.24, 2.45) is 0 Å². The van der Waals surface area contributed by atoms with E-state index in [1.807, 2.05) is 42.3 Å². The molecule has 0 bridgehead atoms. The van der Waals surface area contributed by atoms with Crippen LogP contribution in [-0.2, 0) is 30.3 Å². The number of ether oxygens (including phenoxy) is 3. The molecule has 1 aromatic rings. The van der Waals surface area contributed by atoms with E-state index in [1.165, 1.54) is 104 Å². The number of rotatable bonds is 27. The Bertz CT molecular complexity index is 865. The van der Waals surface area contributed by atoms with Gasteiger partial charge in [-0.05, 0) is 19.0 Å². The third kappa shape index (κ3) is 22.1. The Labute approximate surface area is 268 Å². The van der Waals surface area contributed by atoms with Gasteiger partial charge in [0.05, 0.1) is 6.61 Å². The fraction of sp³-hybridized carbons (Fsp3) is 0.750. The Kier molecular flexibility index (Phi) is 24.2. The van der Waals surface area contributed by atoms with Crippen LogP contribution in [0.2, 0.25) is 0 Å². The predicted octanol–water partition coefficient (Wildman–Crippen LogP) is 8.31. The van der Waals surface area contributed by atoms with Crippen LogP contribution in [0.5, 0.6) is 0 Å². The highest BCUT2D eigenvalue weighted by molar-refractivity contribution is 5.90.